The minimum atomic E-state index is -0.952. The van der Waals surface area contributed by atoms with Crippen molar-refractivity contribution in [3.8, 4) is 35.4 Å². The third kappa shape index (κ3) is 5.09. The quantitative estimate of drug-likeness (QED) is 0.303. The highest BCUT2D eigenvalue weighted by Gasteiger charge is 2.49. The summed E-state index contributed by atoms with van der Waals surface area (Å²) in [6, 6.07) is 5.18. The van der Waals surface area contributed by atoms with Gasteiger partial charge in [0.2, 0.25) is 0 Å². The summed E-state index contributed by atoms with van der Waals surface area (Å²) in [5, 5.41) is 21.8. The molecule has 234 valence electrons. The number of anilines is 1. The Morgan fingerprint density at radius 2 is 1.96 bits per heavy atom. The molecular weight excluding hydrogens is 587 g/mol. The number of terminal acetylenes is 1. The third-order valence-electron chi connectivity index (χ3n) is 9.17. The van der Waals surface area contributed by atoms with Gasteiger partial charge in [0.25, 0.3) is 0 Å². The Morgan fingerprint density at radius 3 is 2.78 bits per heavy atom. The lowest BCUT2D eigenvalue weighted by Gasteiger charge is -2.31. The number of rotatable bonds is 6. The summed E-state index contributed by atoms with van der Waals surface area (Å²) in [6.07, 6.45) is 7.44. The van der Waals surface area contributed by atoms with Crippen LogP contribution in [0.1, 0.15) is 36.9 Å². The molecule has 4 aromatic rings. The van der Waals surface area contributed by atoms with Crippen molar-refractivity contribution in [1.82, 2.24) is 19.9 Å². The van der Waals surface area contributed by atoms with Gasteiger partial charge in [0.05, 0.1) is 35.4 Å². The van der Waals surface area contributed by atoms with Crippen LogP contribution in [0, 0.1) is 24.0 Å². The molecule has 0 saturated carbocycles. The number of benzene rings is 2. The van der Waals surface area contributed by atoms with E-state index in [-0.39, 0.29) is 57.2 Å². The Labute approximate surface area is 257 Å². The second kappa shape index (κ2) is 11.6. The number of ether oxygens (including phenoxy) is 2. The Morgan fingerprint density at radius 1 is 1.09 bits per heavy atom. The van der Waals surface area contributed by atoms with E-state index in [9.17, 15) is 19.0 Å². The molecule has 0 spiro atoms. The second-order valence-corrected chi connectivity index (χ2v) is 11.9. The summed E-state index contributed by atoms with van der Waals surface area (Å²) in [7, 11) is 0. The molecule has 2 aromatic carbocycles. The number of aromatic hydroxyl groups is 1. The first-order valence-corrected chi connectivity index (χ1v) is 15.1. The Bertz CT molecular complexity index is 1840. The van der Waals surface area contributed by atoms with Crippen LogP contribution in [0.2, 0.25) is 0 Å². The number of nitrogens with zero attached hydrogens (tertiary/aromatic N) is 5. The van der Waals surface area contributed by atoms with Crippen LogP contribution in [0.25, 0.3) is 32.9 Å². The van der Waals surface area contributed by atoms with Crippen LogP contribution in [0.15, 0.2) is 24.3 Å². The number of fused-ring (bicyclic) bond motifs is 3. The molecule has 3 aliphatic rings. The average molecular weight is 620 g/mol. The van der Waals surface area contributed by atoms with Gasteiger partial charge in [-0.15, -0.1) is 6.42 Å². The number of phenolic OH excluding ortho intramolecular Hbond substituents is 1. The highest BCUT2D eigenvalue weighted by Crippen LogP contribution is 2.42. The van der Waals surface area contributed by atoms with Crippen molar-refractivity contribution < 1.29 is 32.9 Å². The first-order chi connectivity index (χ1) is 21.8. The maximum Gasteiger partial charge on any atom is 0.319 e. The van der Waals surface area contributed by atoms with Crippen molar-refractivity contribution in [2.75, 3.05) is 50.9 Å². The maximum atomic E-state index is 16.9. The number of hydrogen-bond donors (Lipinski definition) is 2. The van der Waals surface area contributed by atoms with Crippen LogP contribution in [-0.2, 0) is 11.3 Å². The summed E-state index contributed by atoms with van der Waals surface area (Å²) < 4.78 is 58.0. The van der Waals surface area contributed by atoms with Crippen LogP contribution < -0.4 is 9.64 Å². The SMILES string of the molecule is C#Cc1c(F)ccc2cc(O)cc(-c3nc(CO)c4c(N5CCCOCC5)nc(OC[C@@]56CCCN5C[C@H](F)C6)nc4c3F)c12. The molecule has 3 aliphatic heterocycles. The molecule has 9 nitrogen and oxygen atoms in total. The Hall–Kier alpha value is -4.18. The summed E-state index contributed by atoms with van der Waals surface area (Å²) in [5.74, 6) is 0.881. The lowest BCUT2D eigenvalue weighted by Crippen LogP contribution is -2.43. The molecule has 2 atom stereocenters. The van der Waals surface area contributed by atoms with Gasteiger partial charge in [-0.3, -0.25) is 4.90 Å². The lowest BCUT2D eigenvalue weighted by atomic mass is 9.95. The van der Waals surface area contributed by atoms with Gasteiger partial charge in [0.15, 0.2) is 5.82 Å². The van der Waals surface area contributed by atoms with E-state index in [1.165, 1.54) is 24.3 Å². The fraction of sp³-hybridized carbons (Fsp3) is 0.424. The van der Waals surface area contributed by atoms with Gasteiger partial charge in [0.1, 0.15) is 41.4 Å². The zero-order chi connectivity index (χ0) is 31.3. The number of aliphatic hydroxyl groups excluding tert-OH is 1. The number of phenols is 1. The summed E-state index contributed by atoms with van der Waals surface area (Å²) in [5.41, 5.74) is -0.920. The minimum Gasteiger partial charge on any atom is -0.508 e. The molecule has 0 unspecified atom stereocenters. The molecule has 5 heterocycles. The largest absolute Gasteiger partial charge is 0.508 e. The minimum absolute atomic E-state index is 0.0396. The maximum absolute atomic E-state index is 16.9. The van der Waals surface area contributed by atoms with Crippen LogP contribution in [0.5, 0.6) is 11.8 Å². The summed E-state index contributed by atoms with van der Waals surface area (Å²) in [4.78, 5) is 17.7. The fourth-order valence-corrected chi connectivity index (χ4v) is 7.15. The summed E-state index contributed by atoms with van der Waals surface area (Å²) in [6.45, 7) is 2.63. The molecule has 0 bridgehead atoms. The van der Waals surface area contributed by atoms with E-state index in [1.807, 2.05) is 4.90 Å². The van der Waals surface area contributed by atoms with Crippen LogP contribution in [0.4, 0.5) is 19.0 Å². The highest BCUT2D eigenvalue weighted by molar-refractivity contribution is 6.03. The predicted molar refractivity (Wildman–Crippen MR) is 162 cm³/mol. The lowest BCUT2D eigenvalue weighted by molar-refractivity contribution is 0.107. The second-order valence-electron chi connectivity index (χ2n) is 11.9. The molecule has 2 aromatic heterocycles. The normalized spacial score (nSPS) is 22.1. The standard InChI is InChI=1S/C33H32F3N5O4/c1-2-22-24(35)6-5-19-13-21(43)14-23(26(19)22)29-28(36)30-27(25(17-42)37-29)31(40-8-4-11-44-12-10-40)39-32(38-30)45-18-33-7-3-9-41(33)16-20(34)15-33/h1,5-6,13-14,20,42-43H,3-4,7-12,15-18H2/t20-,33+/m1/s1. The van der Waals surface area contributed by atoms with E-state index in [0.29, 0.717) is 56.9 Å². The van der Waals surface area contributed by atoms with E-state index in [0.717, 1.165) is 19.4 Å². The first kappa shape index (κ1) is 29.5. The molecule has 3 saturated heterocycles. The van der Waals surface area contributed by atoms with Crippen LogP contribution in [-0.4, -0.2) is 87.8 Å². The van der Waals surface area contributed by atoms with Gasteiger partial charge < -0.3 is 24.6 Å². The number of aromatic nitrogens is 3. The summed E-state index contributed by atoms with van der Waals surface area (Å²) >= 11 is 0. The fourth-order valence-electron chi connectivity index (χ4n) is 7.15. The van der Waals surface area contributed by atoms with Crippen molar-refractivity contribution in [3.05, 3.63) is 47.2 Å². The third-order valence-corrected chi connectivity index (χ3v) is 9.17. The zero-order valence-corrected chi connectivity index (χ0v) is 24.5. The van der Waals surface area contributed by atoms with E-state index in [4.69, 9.17) is 20.9 Å². The molecule has 0 amide bonds. The average Bonchev–Trinajstić information content (AvgIpc) is 3.41. The van der Waals surface area contributed by atoms with E-state index in [1.54, 1.807) is 0 Å². The van der Waals surface area contributed by atoms with Crippen LogP contribution in [0.3, 0.4) is 0 Å². The van der Waals surface area contributed by atoms with Crippen molar-refractivity contribution in [2.45, 2.75) is 44.0 Å². The van der Waals surface area contributed by atoms with Gasteiger partial charge in [0, 0.05) is 43.6 Å². The molecule has 12 heteroatoms. The van der Waals surface area contributed by atoms with Gasteiger partial charge >= 0.3 is 6.01 Å². The molecule has 0 aliphatic carbocycles. The molecule has 45 heavy (non-hydrogen) atoms. The monoisotopic (exact) mass is 619 g/mol. The van der Waals surface area contributed by atoms with Crippen molar-refractivity contribution in [3.63, 3.8) is 0 Å². The molecule has 0 radical (unpaired) electrons. The predicted octanol–water partition coefficient (Wildman–Crippen LogP) is 4.48. The van der Waals surface area contributed by atoms with Crippen molar-refractivity contribution in [1.29, 1.82) is 0 Å². The molecule has 2 N–H and O–H groups in total. The van der Waals surface area contributed by atoms with E-state index < -0.39 is 30.0 Å². The van der Waals surface area contributed by atoms with Crippen molar-refractivity contribution in [2.24, 2.45) is 0 Å². The van der Waals surface area contributed by atoms with Gasteiger partial charge in [-0.2, -0.15) is 9.97 Å². The number of pyridine rings is 1. The van der Waals surface area contributed by atoms with Crippen molar-refractivity contribution >= 4 is 27.5 Å². The first-order valence-electron chi connectivity index (χ1n) is 15.1. The van der Waals surface area contributed by atoms with E-state index >= 15 is 4.39 Å². The van der Waals surface area contributed by atoms with Crippen LogP contribution >= 0.6 is 0 Å². The molecule has 3 fully saturated rings. The number of halogens is 3. The van der Waals surface area contributed by atoms with Gasteiger partial charge in [-0.25, -0.2) is 18.2 Å². The van der Waals surface area contributed by atoms with Gasteiger partial charge in [-0.1, -0.05) is 12.0 Å². The zero-order valence-electron chi connectivity index (χ0n) is 24.5. The molecule has 7 rings (SSSR count). The topological polar surface area (TPSA) is 104 Å². The number of aliphatic hydroxyl groups is 1. The number of hydrogen-bond acceptors (Lipinski definition) is 9. The smallest absolute Gasteiger partial charge is 0.319 e. The van der Waals surface area contributed by atoms with E-state index in [2.05, 4.69) is 20.8 Å². The van der Waals surface area contributed by atoms with Gasteiger partial charge in [-0.05, 0) is 49.4 Å². The molecular formula is C33H32F3N5O4. The number of alkyl halides is 1. The highest BCUT2D eigenvalue weighted by atomic mass is 19.1. The Kier molecular flexibility index (Phi) is 7.63. The Balaban J connectivity index is 1.43.